The first kappa shape index (κ1) is 7.99. The summed E-state index contributed by atoms with van der Waals surface area (Å²) in [7, 11) is 4.12. The number of hydrogen-bond acceptors (Lipinski definition) is 0. The molecule has 58 valence electrons. The van der Waals surface area contributed by atoms with Crippen LogP contribution in [-0.2, 0) is 0 Å². The van der Waals surface area contributed by atoms with Crippen LogP contribution in [0.5, 0.6) is 0 Å². The van der Waals surface area contributed by atoms with Crippen molar-refractivity contribution in [1.29, 1.82) is 0 Å². The van der Waals surface area contributed by atoms with Crippen molar-refractivity contribution in [2.45, 2.75) is 6.92 Å². The second-order valence-electron chi connectivity index (χ2n) is 2.85. The molecule has 0 N–H and O–H groups in total. The fourth-order valence-electron chi connectivity index (χ4n) is 0.938. The predicted molar refractivity (Wildman–Crippen MR) is 48.3 cm³/mol. The van der Waals surface area contributed by atoms with E-state index in [-0.39, 0.29) is 0 Å². The minimum absolute atomic E-state index is 1.29. The van der Waals surface area contributed by atoms with Crippen LogP contribution < -0.4 is 0 Å². The van der Waals surface area contributed by atoms with Gasteiger partial charge in [-0.2, -0.15) is 0 Å². The van der Waals surface area contributed by atoms with Crippen molar-refractivity contribution in [2.75, 3.05) is 14.1 Å². The summed E-state index contributed by atoms with van der Waals surface area (Å²) in [6.07, 6.45) is 0. The second kappa shape index (κ2) is 3.33. The van der Waals surface area contributed by atoms with Crippen LogP contribution in [0.1, 0.15) is 12.5 Å². The molecule has 0 spiro atoms. The van der Waals surface area contributed by atoms with Crippen LogP contribution in [0.25, 0.3) is 0 Å². The molecule has 0 atom stereocenters. The Hall–Kier alpha value is -1.11. The van der Waals surface area contributed by atoms with Crippen LogP contribution in [0.15, 0.2) is 30.3 Å². The molecule has 0 saturated heterocycles. The fraction of sp³-hybridized carbons (Fsp3) is 0.300. The normalized spacial score (nSPS) is 9.36. The third kappa shape index (κ3) is 1.90. The highest BCUT2D eigenvalue weighted by Crippen LogP contribution is 1.98. The van der Waals surface area contributed by atoms with Crippen molar-refractivity contribution in [3.05, 3.63) is 35.9 Å². The van der Waals surface area contributed by atoms with Gasteiger partial charge in [-0.3, -0.25) is 0 Å². The molecule has 1 aromatic carbocycles. The fourth-order valence-corrected chi connectivity index (χ4v) is 0.938. The third-order valence-electron chi connectivity index (χ3n) is 1.86. The summed E-state index contributed by atoms with van der Waals surface area (Å²) in [4.78, 5) is 0. The van der Waals surface area contributed by atoms with Gasteiger partial charge in [-0.05, 0) is 12.1 Å². The number of rotatable bonds is 1. The topological polar surface area (TPSA) is 3.01 Å². The quantitative estimate of drug-likeness (QED) is 0.422. The van der Waals surface area contributed by atoms with E-state index in [2.05, 4.69) is 49.9 Å². The highest BCUT2D eigenvalue weighted by molar-refractivity contribution is 5.94. The largest absolute Gasteiger partial charge is 0.239 e. The molecular formula is C10H14N+. The number of nitrogens with zero attached hydrogens (tertiary/aromatic N) is 1. The van der Waals surface area contributed by atoms with Gasteiger partial charge in [-0.25, -0.2) is 4.58 Å². The van der Waals surface area contributed by atoms with E-state index in [0.717, 1.165) is 0 Å². The van der Waals surface area contributed by atoms with Crippen LogP contribution in [-0.4, -0.2) is 24.4 Å². The van der Waals surface area contributed by atoms with Crippen molar-refractivity contribution >= 4 is 5.71 Å². The van der Waals surface area contributed by atoms with Gasteiger partial charge in [0.2, 0.25) is 0 Å². The number of benzene rings is 1. The SMILES string of the molecule is CC(c1ccccc1)=[N+](C)C. The summed E-state index contributed by atoms with van der Waals surface area (Å²) < 4.78 is 2.12. The molecule has 0 aromatic heterocycles. The summed E-state index contributed by atoms with van der Waals surface area (Å²) in [5.41, 5.74) is 2.59. The molecule has 0 radical (unpaired) electrons. The first-order valence-electron chi connectivity index (χ1n) is 3.78. The lowest BCUT2D eigenvalue weighted by atomic mass is 10.1. The van der Waals surface area contributed by atoms with E-state index in [9.17, 15) is 0 Å². The van der Waals surface area contributed by atoms with Gasteiger partial charge in [0.05, 0.1) is 0 Å². The Kier molecular flexibility index (Phi) is 2.42. The van der Waals surface area contributed by atoms with Gasteiger partial charge in [-0.15, -0.1) is 0 Å². The Balaban J connectivity index is 3.04. The zero-order chi connectivity index (χ0) is 8.27. The molecule has 1 rings (SSSR count). The van der Waals surface area contributed by atoms with Gasteiger partial charge in [0.1, 0.15) is 14.1 Å². The summed E-state index contributed by atoms with van der Waals surface area (Å²) in [6, 6.07) is 10.4. The van der Waals surface area contributed by atoms with Gasteiger partial charge < -0.3 is 0 Å². The van der Waals surface area contributed by atoms with Crippen molar-refractivity contribution in [2.24, 2.45) is 0 Å². The number of hydrogen-bond donors (Lipinski definition) is 0. The van der Waals surface area contributed by atoms with E-state index >= 15 is 0 Å². The van der Waals surface area contributed by atoms with E-state index in [0.29, 0.717) is 0 Å². The molecule has 0 fully saturated rings. The van der Waals surface area contributed by atoms with Crippen molar-refractivity contribution < 1.29 is 4.58 Å². The van der Waals surface area contributed by atoms with Crippen molar-refractivity contribution in [3.63, 3.8) is 0 Å². The van der Waals surface area contributed by atoms with Gasteiger partial charge >= 0.3 is 0 Å². The van der Waals surface area contributed by atoms with Crippen LogP contribution in [0.4, 0.5) is 0 Å². The van der Waals surface area contributed by atoms with E-state index < -0.39 is 0 Å². The summed E-state index contributed by atoms with van der Waals surface area (Å²) >= 11 is 0. The maximum atomic E-state index is 2.12. The maximum absolute atomic E-state index is 2.12. The Morgan fingerprint density at radius 3 is 2.09 bits per heavy atom. The first-order valence-corrected chi connectivity index (χ1v) is 3.78. The minimum atomic E-state index is 1.29. The molecule has 1 aromatic rings. The first-order chi connectivity index (χ1) is 5.22. The standard InChI is InChI=1S/C10H14N/c1-9(11(2)3)10-7-5-4-6-8-10/h4-8H,1-3H3/q+1. The van der Waals surface area contributed by atoms with E-state index in [1.807, 2.05) is 6.07 Å². The van der Waals surface area contributed by atoms with E-state index in [4.69, 9.17) is 0 Å². The van der Waals surface area contributed by atoms with Crippen LogP contribution in [0, 0.1) is 0 Å². The Morgan fingerprint density at radius 2 is 1.64 bits per heavy atom. The molecular weight excluding hydrogens is 134 g/mol. The molecule has 0 unspecified atom stereocenters. The molecule has 1 heteroatoms. The van der Waals surface area contributed by atoms with Crippen LogP contribution in [0.2, 0.25) is 0 Å². The lowest BCUT2D eigenvalue weighted by Gasteiger charge is -1.96. The van der Waals surface area contributed by atoms with Crippen LogP contribution >= 0.6 is 0 Å². The minimum Gasteiger partial charge on any atom is -0.239 e. The molecule has 0 aliphatic rings. The van der Waals surface area contributed by atoms with E-state index in [1.165, 1.54) is 11.3 Å². The Labute approximate surface area is 68.0 Å². The molecule has 0 bridgehead atoms. The average Bonchev–Trinajstić information content (AvgIpc) is 2.05. The Bertz CT molecular complexity index is 255. The molecule has 0 aliphatic heterocycles. The van der Waals surface area contributed by atoms with Gasteiger partial charge in [0.15, 0.2) is 5.71 Å². The molecule has 0 heterocycles. The highest BCUT2D eigenvalue weighted by Gasteiger charge is 2.01. The van der Waals surface area contributed by atoms with Crippen molar-refractivity contribution in [1.82, 2.24) is 0 Å². The molecule has 0 saturated carbocycles. The van der Waals surface area contributed by atoms with Gasteiger partial charge in [0.25, 0.3) is 0 Å². The zero-order valence-corrected chi connectivity index (χ0v) is 7.33. The lowest BCUT2D eigenvalue weighted by Crippen LogP contribution is -2.10. The molecule has 1 nitrogen and oxygen atoms in total. The van der Waals surface area contributed by atoms with E-state index in [1.54, 1.807) is 0 Å². The monoisotopic (exact) mass is 148 g/mol. The summed E-state index contributed by atoms with van der Waals surface area (Å²) in [5.74, 6) is 0. The zero-order valence-electron chi connectivity index (χ0n) is 7.33. The lowest BCUT2D eigenvalue weighted by molar-refractivity contribution is -0.464. The third-order valence-corrected chi connectivity index (χ3v) is 1.86. The molecule has 0 aliphatic carbocycles. The molecule has 0 amide bonds. The average molecular weight is 148 g/mol. The van der Waals surface area contributed by atoms with Crippen molar-refractivity contribution in [3.8, 4) is 0 Å². The summed E-state index contributed by atoms with van der Waals surface area (Å²) in [6.45, 7) is 2.12. The van der Waals surface area contributed by atoms with Gasteiger partial charge in [0, 0.05) is 12.5 Å². The summed E-state index contributed by atoms with van der Waals surface area (Å²) in [5, 5.41) is 0. The smallest absolute Gasteiger partial charge is 0.179 e. The highest BCUT2D eigenvalue weighted by atomic mass is 14.9. The maximum Gasteiger partial charge on any atom is 0.179 e. The van der Waals surface area contributed by atoms with Crippen LogP contribution in [0.3, 0.4) is 0 Å². The Morgan fingerprint density at radius 1 is 1.09 bits per heavy atom. The second-order valence-corrected chi connectivity index (χ2v) is 2.85. The predicted octanol–water partition coefficient (Wildman–Crippen LogP) is 1.77. The van der Waals surface area contributed by atoms with Gasteiger partial charge in [-0.1, -0.05) is 18.2 Å². The molecule has 11 heavy (non-hydrogen) atoms.